The van der Waals surface area contributed by atoms with Gasteiger partial charge in [0.25, 0.3) is 5.69 Å². The third kappa shape index (κ3) is 6.17. The number of methoxy groups -OCH3 is 1. The maximum absolute atomic E-state index is 11.0. The van der Waals surface area contributed by atoms with Crippen LogP contribution in [0.25, 0.3) is 0 Å². The molecular weight excluding hydrogens is 447 g/mol. The molecule has 0 fully saturated rings. The number of nitrogens with zero attached hydrogens (tertiary/aromatic N) is 2. The molecule has 0 unspecified atom stereocenters. The van der Waals surface area contributed by atoms with Crippen LogP contribution < -0.4 is 15.4 Å². The molecule has 0 aliphatic carbocycles. The highest BCUT2D eigenvalue weighted by Gasteiger charge is 2.12. The van der Waals surface area contributed by atoms with E-state index in [1.54, 1.807) is 32.4 Å². The lowest BCUT2D eigenvalue weighted by molar-refractivity contribution is -0.385. The van der Waals surface area contributed by atoms with Crippen molar-refractivity contribution in [3.63, 3.8) is 0 Å². The minimum Gasteiger partial charge on any atom is -0.496 e. The highest BCUT2D eigenvalue weighted by molar-refractivity contribution is 14.0. The van der Waals surface area contributed by atoms with E-state index in [-0.39, 0.29) is 34.6 Å². The average Bonchev–Trinajstić information content (AvgIpc) is 2.65. The summed E-state index contributed by atoms with van der Waals surface area (Å²) in [5.41, 5.74) is 1.81. The van der Waals surface area contributed by atoms with Crippen molar-refractivity contribution in [3.05, 3.63) is 69.8 Å². The van der Waals surface area contributed by atoms with Gasteiger partial charge in [-0.15, -0.1) is 24.0 Å². The highest BCUT2D eigenvalue weighted by atomic mass is 127. The molecule has 0 saturated heterocycles. The monoisotopic (exact) mass is 470 g/mol. The van der Waals surface area contributed by atoms with Crippen LogP contribution in [0.5, 0.6) is 5.75 Å². The molecule has 0 aromatic heterocycles. The number of guanidine groups is 1. The molecule has 0 bridgehead atoms. The van der Waals surface area contributed by atoms with E-state index in [4.69, 9.17) is 4.74 Å². The van der Waals surface area contributed by atoms with Crippen molar-refractivity contribution >= 4 is 35.6 Å². The van der Waals surface area contributed by atoms with E-state index in [0.717, 1.165) is 17.7 Å². The van der Waals surface area contributed by atoms with Crippen molar-refractivity contribution in [2.75, 3.05) is 20.7 Å². The fraction of sp³-hybridized carbons (Fsp3) is 0.278. The normalized spacial score (nSPS) is 10.6. The van der Waals surface area contributed by atoms with Crippen molar-refractivity contribution in [2.45, 2.75) is 13.0 Å². The summed E-state index contributed by atoms with van der Waals surface area (Å²) in [6.07, 6.45) is 0.774. The molecule has 2 aromatic carbocycles. The van der Waals surface area contributed by atoms with Crippen LogP contribution in [-0.2, 0) is 13.0 Å². The van der Waals surface area contributed by atoms with Gasteiger partial charge in [0, 0.05) is 31.8 Å². The molecule has 0 saturated carbocycles. The Kier molecular flexibility index (Phi) is 9.42. The van der Waals surface area contributed by atoms with Crippen LogP contribution >= 0.6 is 24.0 Å². The van der Waals surface area contributed by atoms with Crippen molar-refractivity contribution in [2.24, 2.45) is 4.99 Å². The summed E-state index contributed by atoms with van der Waals surface area (Å²) in [6.45, 7) is 0.989. The quantitative estimate of drug-likeness (QED) is 0.214. The number of hydrogen-bond acceptors (Lipinski definition) is 4. The van der Waals surface area contributed by atoms with Crippen molar-refractivity contribution in [1.29, 1.82) is 0 Å². The van der Waals surface area contributed by atoms with Gasteiger partial charge < -0.3 is 15.4 Å². The number of para-hydroxylation sites is 2. The van der Waals surface area contributed by atoms with Gasteiger partial charge >= 0.3 is 0 Å². The molecule has 7 nitrogen and oxygen atoms in total. The molecule has 0 aliphatic rings. The first-order valence-electron chi connectivity index (χ1n) is 7.94. The van der Waals surface area contributed by atoms with E-state index in [1.165, 1.54) is 6.07 Å². The molecule has 8 heteroatoms. The Hall–Kier alpha value is -2.36. The zero-order valence-electron chi connectivity index (χ0n) is 14.8. The van der Waals surface area contributed by atoms with Crippen molar-refractivity contribution in [3.8, 4) is 5.75 Å². The topological polar surface area (TPSA) is 88.8 Å². The minimum atomic E-state index is -0.380. The molecule has 26 heavy (non-hydrogen) atoms. The molecule has 0 aliphatic heterocycles. The van der Waals surface area contributed by atoms with E-state index in [1.807, 2.05) is 24.3 Å². The predicted molar refractivity (Wildman–Crippen MR) is 113 cm³/mol. The first kappa shape index (κ1) is 21.7. The van der Waals surface area contributed by atoms with Crippen LogP contribution in [0.2, 0.25) is 0 Å². The summed E-state index contributed by atoms with van der Waals surface area (Å²) in [7, 11) is 3.32. The molecule has 2 N–H and O–H groups in total. The van der Waals surface area contributed by atoms with Gasteiger partial charge in [-0.05, 0) is 18.1 Å². The highest BCUT2D eigenvalue weighted by Crippen LogP contribution is 2.18. The third-order valence-corrected chi connectivity index (χ3v) is 3.74. The second-order valence-electron chi connectivity index (χ2n) is 5.30. The molecule has 2 rings (SSSR count). The van der Waals surface area contributed by atoms with Crippen LogP contribution in [-0.4, -0.2) is 31.6 Å². The number of nitro groups is 1. The summed E-state index contributed by atoms with van der Waals surface area (Å²) >= 11 is 0. The van der Waals surface area contributed by atoms with E-state index in [0.29, 0.717) is 24.6 Å². The number of nitro benzene ring substituents is 1. The van der Waals surface area contributed by atoms with E-state index < -0.39 is 0 Å². The smallest absolute Gasteiger partial charge is 0.274 e. The van der Waals surface area contributed by atoms with Gasteiger partial charge in [0.1, 0.15) is 5.75 Å². The van der Waals surface area contributed by atoms with Crippen molar-refractivity contribution < 1.29 is 9.66 Å². The maximum atomic E-state index is 11.0. The van der Waals surface area contributed by atoms with Crippen LogP contribution in [0.15, 0.2) is 53.5 Å². The zero-order chi connectivity index (χ0) is 18.1. The van der Waals surface area contributed by atoms with E-state index >= 15 is 0 Å². The SMILES string of the molecule is CN=C(NCCc1ccccc1OC)NCc1ccccc1[N+](=O)[O-].I. The Balaban J connectivity index is 0.00000338. The summed E-state index contributed by atoms with van der Waals surface area (Å²) in [5.74, 6) is 1.44. The predicted octanol–water partition coefficient (Wildman–Crippen LogP) is 3.13. The van der Waals surface area contributed by atoms with Gasteiger partial charge in [-0.25, -0.2) is 0 Å². The summed E-state index contributed by atoms with van der Waals surface area (Å²) in [5, 5.41) is 17.3. The molecular formula is C18H23IN4O3. The second kappa shape index (κ2) is 11.3. The average molecular weight is 470 g/mol. The van der Waals surface area contributed by atoms with Gasteiger partial charge in [0.05, 0.1) is 12.0 Å². The number of benzene rings is 2. The van der Waals surface area contributed by atoms with Gasteiger partial charge in [0.2, 0.25) is 0 Å². The Morgan fingerprint density at radius 2 is 1.77 bits per heavy atom. The van der Waals surface area contributed by atoms with E-state index in [9.17, 15) is 10.1 Å². The number of halogens is 1. The molecule has 0 amide bonds. The van der Waals surface area contributed by atoms with Crippen molar-refractivity contribution in [1.82, 2.24) is 10.6 Å². The Morgan fingerprint density at radius 3 is 2.42 bits per heavy atom. The molecule has 0 spiro atoms. The number of aliphatic imine (C=N–C) groups is 1. The number of ether oxygens (including phenoxy) is 1. The summed E-state index contributed by atoms with van der Waals surface area (Å²) in [6, 6.07) is 14.5. The van der Waals surface area contributed by atoms with Crippen LogP contribution in [0.4, 0.5) is 5.69 Å². The zero-order valence-corrected chi connectivity index (χ0v) is 17.1. The fourth-order valence-corrected chi connectivity index (χ4v) is 2.46. The molecule has 140 valence electrons. The first-order chi connectivity index (χ1) is 12.2. The van der Waals surface area contributed by atoms with Crippen LogP contribution in [0.3, 0.4) is 0 Å². The molecule has 0 radical (unpaired) electrons. The van der Waals surface area contributed by atoms with Crippen LogP contribution in [0, 0.1) is 10.1 Å². The number of nitrogens with one attached hydrogen (secondary N) is 2. The first-order valence-corrected chi connectivity index (χ1v) is 7.94. The lowest BCUT2D eigenvalue weighted by Crippen LogP contribution is -2.38. The number of rotatable bonds is 7. The van der Waals surface area contributed by atoms with E-state index in [2.05, 4.69) is 15.6 Å². The standard InChI is InChI=1S/C18H22N4O3.HI/c1-19-18(20-12-11-14-7-4-6-10-17(14)25-2)21-13-15-8-3-5-9-16(15)22(23)24;/h3-10H,11-13H2,1-2H3,(H2,19,20,21);1H. The van der Waals surface area contributed by atoms with Crippen LogP contribution in [0.1, 0.15) is 11.1 Å². The Bertz CT molecular complexity index is 753. The number of hydrogen-bond donors (Lipinski definition) is 2. The maximum Gasteiger partial charge on any atom is 0.274 e. The van der Waals surface area contributed by atoms with Gasteiger partial charge in [0.15, 0.2) is 5.96 Å². The Labute approximate surface area is 170 Å². The van der Waals surface area contributed by atoms with Gasteiger partial charge in [-0.3, -0.25) is 15.1 Å². The second-order valence-corrected chi connectivity index (χ2v) is 5.30. The summed E-state index contributed by atoms with van der Waals surface area (Å²) < 4.78 is 5.33. The largest absolute Gasteiger partial charge is 0.496 e. The van der Waals surface area contributed by atoms with Gasteiger partial charge in [-0.2, -0.15) is 0 Å². The lowest BCUT2D eigenvalue weighted by Gasteiger charge is -2.13. The minimum absolute atomic E-state index is 0. The molecule has 2 aromatic rings. The fourth-order valence-electron chi connectivity index (χ4n) is 2.46. The Morgan fingerprint density at radius 1 is 1.12 bits per heavy atom. The molecule has 0 heterocycles. The molecule has 0 atom stereocenters. The lowest BCUT2D eigenvalue weighted by atomic mass is 10.1. The van der Waals surface area contributed by atoms with Gasteiger partial charge in [-0.1, -0.05) is 36.4 Å². The third-order valence-electron chi connectivity index (χ3n) is 3.74. The summed E-state index contributed by atoms with van der Waals surface area (Å²) in [4.78, 5) is 14.8.